The molecular formula is C27H30ClFN6O4. The van der Waals surface area contributed by atoms with E-state index in [2.05, 4.69) is 10.1 Å². The molecule has 0 radical (unpaired) electrons. The maximum absolute atomic E-state index is 14.6. The molecule has 0 unspecified atom stereocenters. The van der Waals surface area contributed by atoms with Crippen molar-refractivity contribution in [1.29, 1.82) is 0 Å². The van der Waals surface area contributed by atoms with Gasteiger partial charge < -0.3 is 14.7 Å². The van der Waals surface area contributed by atoms with Crippen molar-refractivity contribution in [1.82, 2.24) is 28.8 Å². The fraction of sp³-hybridized carbons (Fsp3) is 0.407. The lowest BCUT2D eigenvalue weighted by Gasteiger charge is -2.38. The summed E-state index contributed by atoms with van der Waals surface area (Å²) in [6.07, 6.45) is 4.79. The number of aromatic nitrogens is 5. The van der Waals surface area contributed by atoms with Gasteiger partial charge in [0.25, 0.3) is 5.56 Å². The quantitative estimate of drug-likeness (QED) is 0.405. The number of piperidine rings is 1. The van der Waals surface area contributed by atoms with Gasteiger partial charge in [-0.05, 0) is 57.9 Å². The number of halogens is 2. The number of benzene rings is 1. The summed E-state index contributed by atoms with van der Waals surface area (Å²) in [4.78, 5) is 31.8. The first kappa shape index (κ1) is 26.9. The van der Waals surface area contributed by atoms with E-state index in [1.54, 1.807) is 66.5 Å². The van der Waals surface area contributed by atoms with Crippen LogP contribution in [-0.4, -0.2) is 64.3 Å². The van der Waals surface area contributed by atoms with Crippen LogP contribution in [-0.2, 0) is 18.3 Å². The molecule has 206 valence electrons. The van der Waals surface area contributed by atoms with Crippen LogP contribution in [0, 0.1) is 5.82 Å². The van der Waals surface area contributed by atoms with Crippen LogP contribution in [0.25, 0.3) is 27.8 Å². The summed E-state index contributed by atoms with van der Waals surface area (Å²) < 4.78 is 24.6. The molecule has 0 bridgehead atoms. The number of aryl methyl sites for hydroxylation is 1. The number of aliphatic hydroxyl groups is 1. The van der Waals surface area contributed by atoms with E-state index in [1.807, 2.05) is 0 Å². The predicted octanol–water partition coefficient (Wildman–Crippen LogP) is 4.14. The molecule has 1 N–H and O–H groups in total. The van der Waals surface area contributed by atoms with Crippen molar-refractivity contribution in [3.05, 3.63) is 64.3 Å². The number of hydrogen-bond donors (Lipinski definition) is 1. The summed E-state index contributed by atoms with van der Waals surface area (Å²) in [5.41, 5.74) is -0.370. The van der Waals surface area contributed by atoms with Crippen molar-refractivity contribution < 1.29 is 19.0 Å². The first-order chi connectivity index (χ1) is 18.3. The molecule has 0 saturated carbocycles. The lowest BCUT2D eigenvalue weighted by atomic mass is 9.91. The Balaban J connectivity index is 1.40. The molecule has 3 aromatic heterocycles. The minimum Gasteiger partial charge on any atom is -0.444 e. The van der Waals surface area contributed by atoms with Gasteiger partial charge in [0, 0.05) is 43.1 Å². The third-order valence-electron chi connectivity index (χ3n) is 6.77. The summed E-state index contributed by atoms with van der Waals surface area (Å²) >= 11 is 6.55. The van der Waals surface area contributed by atoms with Crippen molar-refractivity contribution in [3.63, 3.8) is 0 Å². The van der Waals surface area contributed by atoms with Gasteiger partial charge in [0.1, 0.15) is 22.9 Å². The fourth-order valence-electron chi connectivity index (χ4n) is 4.79. The van der Waals surface area contributed by atoms with E-state index in [-0.39, 0.29) is 35.5 Å². The fourth-order valence-corrected chi connectivity index (χ4v) is 5.07. The molecule has 4 aromatic rings. The number of nitrogens with zero attached hydrogens (tertiary/aromatic N) is 6. The van der Waals surface area contributed by atoms with Crippen LogP contribution in [0.2, 0.25) is 5.15 Å². The van der Waals surface area contributed by atoms with E-state index < -0.39 is 23.1 Å². The summed E-state index contributed by atoms with van der Waals surface area (Å²) in [5.74, 6) is -0.416. The van der Waals surface area contributed by atoms with Crippen LogP contribution in [0.15, 0.2) is 47.8 Å². The average molecular weight is 557 g/mol. The summed E-state index contributed by atoms with van der Waals surface area (Å²) in [6.45, 7) is 6.04. The smallest absolute Gasteiger partial charge is 0.410 e. The summed E-state index contributed by atoms with van der Waals surface area (Å²) in [7, 11) is 1.75. The van der Waals surface area contributed by atoms with Crippen LogP contribution in [0.5, 0.6) is 0 Å². The molecule has 1 amide bonds. The molecule has 0 atom stereocenters. The van der Waals surface area contributed by atoms with Crippen LogP contribution >= 0.6 is 11.6 Å². The largest absolute Gasteiger partial charge is 0.444 e. The standard InChI is InChI=1S/C27H30ClFN6O4/c1-26(2,3)39-25(37)33-9-7-27(38,8-10-33)15-34-16-30-23-20(24(34)36)12-22(28)35(23)18-5-6-21(29)19(11-18)17-13-31-32(4)14-17/h5-6,11-14,16,38H,7-10,15H2,1-4H3. The molecule has 0 aliphatic carbocycles. The second kappa shape index (κ2) is 9.80. The van der Waals surface area contributed by atoms with E-state index in [0.29, 0.717) is 35.6 Å². The first-order valence-electron chi connectivity index (χ1n) is 12.6. The highest BCUT2D eigenvalue weighted by molar-refractivity contribution is 6.31. The number of carbonyl (C=O) groups excluding carboxylic acids is 1. The van der Waals surface area contributed by atoms with Crippen LogP contribution in [0.4, 0.5) is 9.18 Å². The van der Waals surface area contributed by atoms with E-state index >= 15 is 0 Å². The number of carbonyl (C=O) groups is 1. The lowest BCUT2D eigenvalue weighted by Crippen LogP contribution is -2.50. The van der Waals surface area contributed by atoms with Gasteiger partial charge in [0.05, 0.1) is 23.7 Å². The molecule has 12 heteroatoms. The highest BCUT2D eigenvalue weighted by atomic mass is 35.5. The molecule has 1 aromatic carbocycles. The molecule has 1 saturated heterocycles. The van der Waals surface area contributed by atoms with E-state index in [4.69, 9.17) is 16.3 Å². The zero-order valence-corrected chi connectivity index (χ0v) is 22.9. The first-order valence-corrected chi connectivity index (χ1v) is 13.0. The minimum atomic E-state index is -1.19. The Morgan fingerprint density at radius 2 is 1.95 bits per heavy atom. The van der Waals surface area contributed by atoms with Gasteiger partial charge in [0.15, 0.2) is 5.65 Å². The van der Waals surface area contributed by atoms with E-state index in [9.17, 15) is 19.1 Å². The lowest BCUT2D eigenvalue weighted by molar-refractivity contribution is -0.0419. The average Bonchev–Trinajstić information content (AvgIpc) is 3.43. The molecule has 5 rings (SSSR count). The Hall–Kier alpha value is -3.70. The van der Waals surface area contributed by atoms with E-state index in [0.717, 1.165) is 0 Å². The van der Waals surface area contributed by atoms with Gasteiger partial charge in [0.2, 0.25) is 0 Å². The van der Waals surface area contributed by atoms with Crippen molar-refractivity contribution in [3.8, 4) is 16.8 Å². The molecule has 1 aliphatic heterocycles. The molecule has 1 aliphatic rings. The number of ether oxygens (including phenoxy) is 1. The Bertz CT molecular complexity index is 1610. The van der Waals surface area contributed by atoms with Gasteiger partial charge in [-0.1, -0.05) is 11.6 Å². The second-order valence-electron chi connectivity index (χ2n) is 11.0. The molecule has 39 heavy (non-hydrogen) atoms. The monoisotopic (exact) mass is 556 g/mol. The number of likely N-dealkylation sites (tertiary alicyclic amines) is 1. The topological polar surface area (TPSA) is 107 Å². The maximum Gasteiger partial charge on any atom is 0.410 e. The zero-order chi connectivity index (χ0) is 28.1. The van der Waals surface area contributed by atoms with Gasteiger partial charge >= 0.3 is 6.09 Å². The molecule has 10 nitrogen and oxygen atoms in total. The van der Waals surface area contributed by atoms with Crippen LogP contribution < -0.4 is 5.56 Å². The van der Waals surface area contributed by atoms with Gasteiger partial charge in [-0.15, -0.1) is 0 Å². The van der Waals surface area contributed by atoms with Gasteiger partial charge in [-0.2, -0.15) is 5.10 Å². The van der Waals surface area contributed by atoms with Crippen molar-refractivity contribution in [2.24, 2.45) is 7.05 Å². The minimum absolute atomic E-state index is 0.0153. The normalized spacial score (nSPS) is 15.6. The van der Waals surface area contributed by atoms with Crippen molar-refractivity contribution in [2.45, 2.75) is 51.4 Å². The zero-order valence-electron chi connectivity index (χ0n) is 22.2. The van der Waals surface area contributed by atoms with Crippen molar-refractivity contribution >= 4 is 28.7 Å². The van der Waals surface area contributed by atoms with E-state index in [1.165, 1.54) is 23.0 Å². The van der Waals surface area contributed by atoms with Crippen LogP contribution in [0.1, 0.15) is 33.6 Å². The SMILES string of the molecule is Cn1cc(-c2cc(-n3c(Cl)cc4c(=O)n(CC5(O)CCN(C(=O)OC(C)(C)C)CC5)cnc43)ccc2F)cn1. The highest BCUT2D eigenvalue weighted by Crippen LogP contribution is 2.30. The molecular weight excluding hydrogens is 527 g/mol. The molecule has 1 fully saturated rings. The number of fused-ring (bicyclic) bond motifs is 1. The summed E-state index contributed by atoms with van der Waals surface area (Å²) in [5, 5.41) is 15.8. The predicted molar refractivity (Wildman–Crippen MR) is 144 cm³/mol. The summed E-state index contributed by atoms with van der Waals surface area (Å²) in [6, 6.07) is 6.05. The Morgan fingerprint density at radius 1 is 1.23 bits per heavy atom. The second-order valence-corrected chi connectivity index (χ2v) is 11.4. The van der Waals surface area contributed by atoms with Gasteiger partial charge in [-0.25, -0.2) is 14.2 Å². The number of hydrogen-bond acceptors (Lipinski definition) is 6. The molecule has 0 spiro atoms. The Morgan fingerprint density at radius 3 is 2.59 bits per heavy atom. The Kier molecular flexibility index (Phi) is 6.76. The highest BCUT2D eigenvalue weighted by Gasteiger charge is 2.36. The third kappa shape index (κ3) is 5.41. The van der Waals surface area contributed by atoms with Gasteiger partial charge in [-0.3, -0.25) is 18.6 Å². The molecule has 4 heterocycles. The number of amides is 1. The maximum atomic E-state index is 14.6. The third-order valence-corrected chi connectivity index (χ3v) is 7.05. The Labute approximate surface area is 229 Å². The van der Waals surface area contributed by atoms with Crippen LogP contribution in [0.3, 0.4) is 0 Å². The number of rotatable bonds is 4. The van der Waals surface area contributed by atoms with Crippen molar-refractivity contribution in [2.75, 3.05) is 13.1 Å².